The van der Waals surface area contributed by atoms with Crippen LogP contribution in [-0.4, -0.2) is 24.6 Å². The molecule has 0 amide bonds. The average Bonchev–Trinajstić information content (AvgIpc) is 2.48. The number of unbranched alkanes of at least 4 members (excludes halogenated alkanes) is 5. The predicted octanol–water partition coefficient (Wildman–Crippen LogP) is 5.04. The van der Waals surface area contributed by atoms with Crippen LogP contribution in [0.2, 0.25) is 0 Å². The van der Waals surface area contributed by atoms with E-state index in [9.17, 15) is 9.59 Å². The van der Waals surface area contributed by atoms with Crippen LogP contribution in [-0.2, 0) is 19.1 Å². The van der Waals surface area contributed by atoms with Gasteiger partial charge in [-0.3, -0.25) is 9.59 Å². The quantitative estimate of drug-likeness (QED) is 0.331. The van der Waals surface area contributed by atoms with Crippen LogP contribution in [0.15, 0.2) is 0 Å². The van der Waals surface area contributed by atoms with E-state index >= 15 is 0 Å². The van der Waals surface area contributed by atoms with Crippen molar-refractivity contribution < 1.29 is 19.1 Å². The number of carbonyl (C=O) groups excluding carboxylic acids is 2. The van der Waals surface area contributed by atoms with Crippen LogP contribution in [0.1, 0.15) is 91.9 Å². The Balaban J connectivity index is 3.55. The molecule has 4 heteroatoms. The first kappa shape index (κ1) is 21.9. The van der Waals surface area contributed by atoms with Gasteiger partial charge in [-0.05, 0) is 32.1 Å². The van der Waals surface area contributed by atoms with Gasteiger partial charge < -0.3 is 9.47 Å². The summed E-state index contributed by atoms with van der Waals surface area (Å²) in [5.74, 6) is -0.0986. The third-order valence-electron chi connectivity index (χ3n) is 3.64. The zero-order chi connectivity index (χ0) is 17.5. The molecule has 0 saturated carbocycles. The Bertz CT molecular complexity index is 312. The maximum atomic E-state index is 11.7. The van der Waals surface area contributed by atoms with Crippen molar-refractivity contribution in [2.24, 2.45) is 5.92 Å². The monoisotopic (exact) mass is 328 g/mol. The highest BCUT2D eigenvalue weighted by atomic mass is 16.5. The Labute approximate surface area is 142 Å². The van der Waals surface area contributed by atoms with Crippen molar-refractivity contribution in [2.45, 2.75) is 98.0 Å². The van der Waals surface area contributed by atoms with Crippen LogP contribution in [0, 0.1) is 5.92 Å². The molecule has 1 atom stereocenters. The average molecular weight is 328 g/mol. The zero-order valence-corrected chi connectivity index (χ0v) is 15.6. The van der Waals surface area contributed by atoms with Gasteiger partial charge in [-0.1, -0.05) is 52.9 Å². The summed E-state index contributed by atoms with van der Waals surface area (Å²) in [5.41, 5.74) is 0. The van der Waals surface area contributed by atoms with Crippen molar-refractivity contribution >= 4 is 11.9 Å². The Kier molecular flexibility index (Phi) is 13.9. The Morgan fingerprint density at radius 1 is 0.826 bits per heavy atom. The van der Waals surface area contributed by atoms with Crippen LogP contribution in [0.25, 0.3) is 0 Å². The van der Waals surface area contributed by atoms with Crippen LogP contribution >= 0.6 is 0 Å². The summed E-state index contributed by atoms with van der Waals surface area (Å²) < 4.78 is 10.4. The molecule has 0 fully saturated rings. The van der Waals surface area contributed by atoms with Crippen molar-refractivity contribution in [3.8, 4) is 0 Å². The number of esters is 2. The summed E-state index contributed by atoms with van der Waals surface area (Å²) in [6, 6.07) is 0. The van der Waals surface area contributed by atoms with E-state index in [0.29, 0.717) is 18.9 Å². The lowest BCUT2D eigenvalue weighted by Crippen LogP contribution is -2.15. The van der Waals surface area contributed by atoms with Gasteiger partial charge in [-0.2, -0.15) is 0 Å². The molecule has 136 valence electrons. The Morgan fingerprint density at radius 2 is 1.43 bits per heavy atom. The normalized spacial score (nSPS) is 12.2. The fourth-order valence-electron chi connectivity index (χ4n) is 2.26. The van der Waals surface area contributed by atoms with E-state index in [1.807, 2.05) is 20.8 Å². The van der Waals surface area contributed by atoms with Gasteiger partial charge in [-0.25, -0.2) is 0 Å². The maximum absolute atomic E-state index is 11.7. The van der Waals surface area contributed by atoms with E-state index in [1.165, 1.54) is 32.1 Å². The minimum atomic E-state index is -0.230. The van der Waals surface area contributed by atoms with Crippen molar-refractivity contribution in [3.63, 3.8) is 0 Å². The number of rotatable bonds is 14. The molecule has 0 aromatic carbocycles. The van der Waals surface area contributed by atoms with Crippen molar-refractivity contribution in [1.29, 1.82) is 0 Å². The molecule has 23 heavy (non-hydrogen) atoms. The van der Waals surface area contributed by atoms with E-state index in [-0.39, 0.29) is 30.9 Å². The minimum Gasteiger partial charge on any atom is -0.465 e. The lowest BCUT2D eigenvalue weighted by molar-refractivity contribution is -0.149. The third kappa shape index (κ3) is 15.6. The number of hydrogen-bond acceptors (Lipinski definition) is 4. The molecule has 0 spiro atoms. The third-order valence-corrected chi connectivity index (χ3v) is 3.64. The molecule has 0 aliphatic rings. The van der Waals surface area contributed by atoms with E-state index in [4.69, 9.17) is 9.47 Å². The fraction of sp³-hybridized carbons (Fsp3) is 0.895. The van der Waals surface area contributed by atoms with Crippen LogP contribution in [0.4, 0.5) is 0 Å². The molecule has 0 aliphatic carbocycles. The number of hydrogen-bond donors (Lipinski definition) is 0. The zero-order valence-electron chi connectivity index (χ0n) is 15.6. The number of carbonyl (C=O) groups is 2. The second kappa shape index (κ2) is 14.5. The van der Waals surface area contributed by atoms with Crippen LogP contribution in [0.5, 0.6) is 0 Å². The molecule has 0 saturated heterocycles. The molecule has 0 rings (SSSR count). The Morgan fingerprint density at radius 3 is 2.09 bits per heavy atom. The van der Waals surface area contributed by atoms with Crippen molar-refractivity contribution in [3.05, 3.63) is 0 Å². The van der Waals surface area contributed by atoms with Gasteiger partial charge in [-0.15, -0.1) is 0 Å². The molecular formula is C19H36O4. The van der Waals surface area contributed by atoms with E-state index < -0.39 is 0 Å². The van der Waals surface area contributed by atoms with Crippen molar-refractivity contribution in [1.82, 2.24) is 0 Å². The topological polar surface area (TPSA) is 52.6 Å². The van der Waals surface area contributed by atoms with E-state index in [2.05, 4.69) is 6.92 Å². The summed E-state index contributed by atoms with van der Waals surface area (Å²) in [5, 5.41) is 0. The largest absolute Gasteiger partial charge is 0.465 e. The molecule has 0 N–H and O–H groups in total. The molecular weight excluding hydrogens is 292 g/mol. The van der Waals surface area contributed by atoms with Gasteiger partial charge in [0, 0.05) is 12.8 Å². The van der Waals surface area contributed by atoms with Gasteiger partial charge >= 0.3 is 11.9 Å². The minimum absolute atomic E-state index is 0.0263. The summed E-state index contributed by atoms with van der Waals surface area (Å²) >= 11 is 0. The smallest absolute Gasteiger partial charge is 0.306 e. The number of ether oxygens (including phenoxy) is 2. The molecule has 4 nitrogen and oxygen atoms in total. The highest BCUT2D eigenvalue weighted by Gasteiger charge is 2.11. The second-order valence-corrected chi connectivity index (χ2v) is 6.79. The van der Waals surface area contributed by atoms with Gasteiger partial charge in [0.25, 0.3) is 0 Å². The molecule has 0 aliphatic heterocycles. The summed E-state index contributed by atoms with van der Waals surface area (Å²) in [6.07, 6.45) is 9.44. The van der Waals surface area contributed by atoms with Gasteiger partial charge in [0.05, 0.1) is 12.7 Å². The molecule has 0 heterocycles. The first-order valence-corrected chi connectivity index (χ1v) is 9.30. The van der Waals surface area contributed by atoms with E-state index in [0.717, 1.165) is 12.8 Å². The molecule has 1 unspecified atom stereocenters. The first-order chi connectivity index (χ1) is 11.0. The summed E-state index contributed by atoms with van der Waals surface area (Å²) in [7, 11) is 0. The lowest BCUT2D eigenvalue weighted by atomic mass is 10.1. The van der Waals surface area contributed by atoms with E-state index in [1.54, 1.807) is 0 Å². The Hall–Kier alpha value is -1.06. The fourth-order valence-corrected chi connectivity index (χ4v) is 2.26. The van der Waals surface area contributed by atoms with Gasteiger partial charge in [0.2, 0.25) is 0 Å². The maximum Gasteiger partial charge on any atom is 0.306 e. The predicted molar refractivity (Wildman–Crippen MR) is 93.2 cm³/mol. The second-order valence-electron chi connectivity index (χ2n) is 6.79. The van der Waals surface area contributed by atoms with Crippen LogP contribution < -0.4 is 0 Å². The molecule has 0 aromatic heterocycles. The van der Waals surface area contributed by atoms with Crippen LogP contribution in [0.3, 0.4) is 0 Å². The van der Waals surface area contributed by atoms with Gasteiger partial charge in [0.15, 0.2) is 0 Å². The standard InChI is InChI=1S/C19H36O4/c1-5-6-7-8-9-10-12-17(4)23-19(21)14-11-13-18(20)22-15-16(2)3/h16-17H,5-15H2,1-4H3. The summed E-state index contributed by atoms with van der Waals surface area (Å²) in [4.78, 5) is 23.1. The lowest BCUT2D eigenvalue weighted by Gasteiger charge is -2.13. The SMILES string of the molecule is CCCCCCCCC(C)OC(=O)CCCC(=O)OCC(C)C. The molecule has 0 bridgehead atoms. The molecule has 0 radical (unpaired) electrons. The molecule has 0 aromatic rings. The highest BCUT2D eigenvalue weighted by molar-refractivity contribution is 5.72. The summed E-state index contributed by atoms with van der Waals surface area (Å²) in [6.45, 7) is 8.59. The highest BCUT2D eigenvalue weighted by Crippen LogP contribution is 2.11. The van der Waals surface area contributed by atoms with Crippen molar-refractivity contribution in [2.75, 3.05) is 6.61 Å². The first-order valence-electron chi connectivity index (χ1n) is 9.30. The van der Waals surface area contributed by atoms with Gasteiger partial charge in [0.1, 0.15) is 0 Å².